The number of nitrogens with zero attached hydrogens (tertiary/aromatic N) is 1. The maximum Gasteiger partial charge on any atom is 0.101 e. The van der Waals surface area contributed by atoms with Gasteiger partial charge in [-0.2, -0.15) is 5.26 Å². The van der Waals surface area contributed by atoms with Crippen LogP contribution < -0.4 is 5.73 Å². The van der Waals surface area contributed by atoms with Gasteiger partial charge in [-0.25, -0.2) is 0 Å². The molecule has 1 aromatic carbocycles. The van der Waals surface area contributed by atoms with Crippen molar-refractivity contribution in [1.29, 1.82) is 5.26 Å². The number of rotatable bonds is 1. The maximum absolute atomic E-state index is 8.64. The summed E-state index contributed by atoms with van der Waals surface area (Å²) in [6, 6.07) is 5.52. The van der Waals surface area contributed by atoms with Gasteiger partial charge >= 0.3 is 0 Å². The van der Waals surface area contributed by atoms with Gasteiger partial charge in [-0.15, -0.1) is 0 Å². The van der Waals surface area contributed by atoms with E-state index in [1.807, 2.05) is 12.1 Å². The lowest BCUT2D eigenvalue weighted by Gasteiger charge is -2.03. The molecule has 62 valence electrons. The molecule has 0 aliphatic carbocycles. The molecule has 0 aliphatic rings. The van der Waals surface area contributed by atoms with E-state index in [-0.39, 0.29) is 0 Å². The summed E-state index contributed by atoms with van der Waals surface area (Å²) in [5.41, 5.74) is 6.93. The van der Waals surface area contributed by atoms with Crippen LogP contribution in [0.2, 0.25) is 5.02 Å². The van der Waals surface area contributed by atoms with Crippen LogP contribution in [0.1, 0.15) is 11.1 Å². The van der Waals surface area contributed by atoms with Crippen LogP contribution in [0.3, 0.4) is 0 Å². The standard InChI is InChI=1S/C8H6ClIN2/c9-7-5(3-11)1-2-6(4-12)8(7)10/h1-2H,4,12H2. The van der Waals surface area contributed by atoms with Gasteiger partial charge in [0, 0.05) is 10.1 Å². The SMILES string of the molecule is N#Cc1ccc(CN)c(I)c1Cl. The van der Waals surface area contributed by atoms with Gasteiger partial charge in [-0.05, 0) is 34.2 Å². The summed E-state index contributed by atoms with van der Waals surface area (Å²) >= 11 is 7.98. The Bertz CT molecular complexity index is 344. The van der Waals surface area contributed by atoms with E-state index in [1.165, 1.54) is 0 Å². The van der Waals surface area contributed by atoms with Gasteiger partial charge in [0.15, 0.2) is 0 Å². The normalized spacial score (nSPS) is 9.50. The Balaban J connectivity index is 3.32. The smallest absolute Gasteiger partial charge is 0.101 e. The second kappa shape index (κ2) is 4.08. The molecule has 0 saturated carbocycles. The molecule has 0 aromatic heterocycles. The molecule has 1 aromatic rings. The highest BCUT2D eigenvalue weighted by molar-refractivity contribution is 14.1. The third-order valence-electron chi connectivity index (χ3n) is 1.50. The lowest BCUT2D eigenvalue weighted by molar-refractivity contribution is 1.06. The fraction of sp³-hybridized carbons (Fsp3) is 0.125. The molecule has 0 fully saturated rings. The molecule has 0 aliphatic heterocycles. The Morgan fingerprint density at radius 1 is 1.58 bits per heavy atom. The summed E-state index contributed by atoms with van der Waals surface area (Å²) in [5, 5.41) is 9.14. The molecule has 0 bridgehead atoms. The molecule has 0 saturated heterocycles. The number of nitrogens with two attached hydrogens (primary N) is 1. The zero-order valence-electron chi connectivity index (χ0n) is 6.14. The predicted octanol–water partition coefficient (Wildman–Crippen LogP) is 2.27. The molecule has 0 radical (unpaired) electrons. The van der Waals surface area contributed by atoms with Crippen molar-refractivity contribution in [3.05, 3.63) is 31.9 Å². The highest BCUT2D eigenvalue weighted by Gasteiger charge is 2.07. The summed E-state index contributed by atoms with van der Waals surface area (Å²) in [6.07, 6.45) is 0. The topological polar surface area (TPSA) is 49.8 Å². The summed E-state index contributed by atoms with van der Waals surface area (Å²) in [7, 11) is 0. The molecule has 4 heteroatoms. The van der Waals surface area contributed by atoms with Crippen molar-refractivity contribution in [2.24, 2.45) is 5.73 Å². The number of benzene rings is 1. The van der Waals surface area contributed by atoms with E-state index < -0.39 is 0 Å². The van der Waals surface area contributed by atoms with Crippen LogP contribution in [-0.2, 0) is 6.54 Å². The van der Waals surface area contributed by atoms with Crippen molar-refractivity contribution in [2.45, 2.75) is 6.54 Å². The molecular weight excluding hydrogens is 286 g/mol. The summed E-state index contributed by atoms with van der Waals surface area (Å²) in [4.78, 5) is 0. The van der Waals surface area contributed by atoms with E-state index in [9.17, 15) is 0 Å². The van der Waals surface area contributed by atoms with Gasteiger partial charge in [0.05, 0.1) is 10.6 Å². The first-order chi connectivity index (χ1) is 5.70. The summed E-state index contributed by atoms with van der Waals surface area (Å²) < 4.78 is 0.871. The summed E-state index contributed by atoms with van der Waals surface area (Å²) in [5.74, 6) is 0. The highest BCUT2D eigenvalue weighted by Crippen LogP contribution is 2.25. The van der Waals surface area contributed by atoms with Gasteiger partial charge in [0.1, 0.15) is 6.07 Å². The van der Waals surface area contributed by atoms with Gasteiger partial charge in [0.25, 0.3) is 0 Å². The fourth-order valence-electron chi connectivity index (χ4n) is 0.833. The van der Waals surface area contributed by atoms with E-state index in [0.29, 0.717) is 17.1 Å². The quantitative estimate of drug-likeness (QED) is 0.807. The molecule has 0 amide bonds. The fourth-order valence-corrected chi connectivity index (χ4v) is 1.75. The third-order valence-corrected chi connectivity index (χ3v) is 3.45. The molecule has 0 unspecified atom stereocenters. The Kier molecular flexibility index (Phi) is 3.32. The molecule has 2 N–H and O–H groups in total. The Labute approximate surface area is 89.5 Å². The van der Waals surface area contributed by atoms with Crippen molar-refractivity contribution in [1.82, 2.24) is 0 Å². The van der Waals surface area contributed by atoms with Gasteiger partial charge < -0.3 is 5.73 Å². The zero-order valence-corrected chi connectivity index (χ0v) is 9.06. The molecule has 1 rings (SSSR count). The molecule has 12 heavy (non-hydrogen) atoms. The van der Waals surface area contributed by atoms with Crippen LogP contribution in [0, 0.1) is 14.9 Å². The van der Waals surface area contributed by atoms with Gasteiger partial charge in [-0.1, -0.05) is 17.7 Å². The van der Waals surface area contributed by atoms with E-state index in [4.69, 9.17) is 22.6 Å². The van der Waals surface area contributed by atoms with Crippen LogP contribution in [0.15, 0.2) is 12.1 Å². The molecule has 0 atom stereocenters. The lowest BCUT2D eigenvalue weighted by Crippen LogP contribution is -2.00. The molecule has 0 spiro atoms. The maximum atomic E-state index is 8.64. The van der Waals surface area contributed by atoms with Crippen LogP contribution in [0.5, 0.6) is 0 Å². The van der Waals surface area contributed by atoms with Crippen molar-refractivity contribution in [2.75, 3.05) is 0 Å². The zero-order chi connectivity index (χ0) is 9.14. The van der Waals surface area contributed by atoms with Crippen LogP contribution >= 0.6 is 34.2 Å². The number of hydrogen-bond acceptors (Lipinski definition) is 2. The van der Waals surface area contributed by atoms with Crippen LogP contribution in [-0.4, -0.2) is 0 Å². The number of nitriles is 1. The number of halogens is 2. The Morgan fingerprint density at radius 3 is 2.75 bits per heavy atom. The van der Waals surface area contributed by atoms with Crippen molar-refractivity contribution >= 4 is 34.2 Å². The largest absolute Gasteiger partial charge is 0.326 e. The van der Waals surface area contributed by atoms with E-state index in [1.54, 1.807) is 6.07 Å². The first kappa shape index (κ1) is 9.78. The van der Waals surface area contributed by atoms with Gasteiger partial charge in [0.2, 0.25) is 0 Å². The third kappa shape index (κ3) is 1.71. The first-order valence-electron chi connectivity index (χ1n) is 3.27. The summed E-state index contributed by atoms with van der Waals surface area (Å²) in [6.45, 7) is 0.448. The van der Waals surface area contributed by atoms with E-state index in [2.05, 4.69) is 22.6 Å². The Hall–Kier alpha value is -0.310. The minimum absolute atomic E-state index is 0.448. The average molecular weight is 293 g/mol. The van der Waals surface area contributed by atoms with E-state index in [0.717, 1.165) is 9.13 Å². The Morgan fingerprint density at radius 2 is 2.25 bits per heavy atom. The van der Waals surface area contributed by atoms with E-state index >= 15 is 0 Å². The second-order valence-corrected chi connectivity index (χ2v) is 3.67. The van der Waals surface area contributed by atoms with Gasteiger partial charge in [-0.3, -0.25) is 0 Å². The minimum Gasteiger partial charge on any atom is -0.326 e. The van der Waals surface area contributed by atoms with Crippen LogP contribution in [0.25, 0.3) is 0 Å². The monoisotopic (exact) mass is 292 g/mol. The van der Waals surface area contributed by atoms with Crippen molar-refractivity contribution in [3.63, 3.8) is 0 Å². The number of hydrogen-bond donors (Lipinski definition) is 1. The first-order valence-corrected chi connectivity index (χ1v) is 4.73. The molecular formula is C8H6ClIN2. The molecule has 2 nitrogen and oxygen atoms in total. The van der Waals surface area contributed by atoms with Crippen molar-refractivity contribution in [3.8, 4) is 6.07 Å². The highest BCUT2D eigenvalue weighted by atomic mass is 127. The average Bonchev–Trinajstić information content (AvgIpc) is 2.10. The van der Waals surface area contributed by atoms with Crippen LogP contribution in [0.4, 0.5) is 0 Å². The lowest BCUT2D eigenvalue weighted by atomic mass is 10.1. The predicted molar refractivity (Wildman–Crippen MR) is 56.8 cm³/mol. The minimum atomic E-state index is 0.448. The van der Waals surface area contributed by atoms with Crippen molar-refractivity contribution < 1.29 is 0 Å². The second-order valence-electron chi connectivity index (χ2n) is 2.22. The molecule has 0 heterocycles.